The molecule has 1 fully saturated rings. The Bertz CT molecular complexity index is 302. The highest BCUT2D eigenvalue weighted by atomic mass is 16.5. The van der Waals surface area contributed by atoms with E-state index < -0.39 is 0 Å². The summed E-state index contributed by atoms with van der Waals surface area (Å²) in [6, 6.07) is 2.95. The van der Waals surface area contributed by atoms with Crippen molar-refractivity contribution >= 4 is 0 Å². The zero-order valence-corrected chi connectivity index (χ0v) is 12.9. The quantitative estimate of drug-likeness (QED) is 0.732. The van der Waals surface area contributed by atoms with Crippen molar-refractivity contribution in [3.63, 3.8) is 0 Å². The minimum absolute atomic E-state index is 0.338. The van der Waals surface area contributed by atoms with Gasteiger partial charge < -0.3 is 9.64 Å². The van der Waals surface area contributed by atoms with Crippen molar-refractivity contribution in [2.75, 3.05) is 26.7 Å². The first-order chi connectivity index (χ1) is 9.02. The van der Waals surface area contributed by atoms with Crippen molar-refractivity contribution in [3.8, 4) is 6.07 Å². The van der Waals surface area contributed by atoms with Crippen LogP contribution in [0.15, 0.2) is 0 Å². The first-order valence-corrected chi connectivity index (χ1v) is 7.50. The molecule has 3 unspecified atom stereocenters. The van der Waals surface area contributed by atoms with Crippen molar-refractivity contribution in [2.24, 2.45) is 0 Å². The van der Waals surface area contributed by atoms with Gasteiger partial charge in [0.1, 0.15) is 5.54 Å². The average Bonchev–Trinajstić information content (AvgIpc) is 2.82. The summed E-state index contributed by atoms with van der Waals surface area (Å²) in [6.07, 6.45) is 4.47. The fourth-order valence-electron chi connectivity index (χ4n) is 2.73. The van der Waals surface area contributed by atoms with Gasteiger partial charge in [-0.25, -0.2) is 0 Å². The SMILES string of the molecule is CCCNC(C)(C#N)CCCN(C)C1CCOC1C. The van der Waals surface area contributed by atoms with Gasteiger partial charge in [0.2, 0.25) is 0 Å². The molecule has 0 radical (unpaired) electrons. The number of ether oxygens (including phenoxy) is 1. The Kier molecular flexibility index (Phi) is 6.78. The van der Waals surface area contributed by atoms with Gasteiger partial charge in [0.05, 0.1) is 12.2 Å². The van der Waals surface area contributed by atoms with E-state index in [9.17, 15) is 5.26 Å². The van der Waals surface area contributed by atoms with Crippen molar-refractivity contribution in [2.45, 2.75) is 64.1 Å². The second kappa shape index (κ2) is 7.84. The molecule has 0 aromatic carbocycles. The van der Waals surface area contributed by atoms with E-state index in [1.165, 1.54) is 0 Å². The van der Waals surface area contributed by atoms with Gasteiger partial charge in [0, 0.05) is 12.6 Å². The summed E-state index contributed by atoms with van der Waals surface area (Å²) in [4.78, 5) is 2.38. The fraction of sp³-hybridized carbons (Fsp3) is 0.933. The van der Waals surface area contributed by atoms with E-state index >= 15 is 0 Å². The molecule has 0 aliphatic carbocycles. The largest absolute Gasteiger partial charge is 0.377 e. The lowest BCUT2D eigenvalue weighted by atomic mass is 9.97. The van der Waals surface area contributed by atoms with E-state index in [4.69, 9.17) is 4.74 Å². The first kappa shape index (κ1) is 16.4. The van der Waals surface area contributed by atoms with Crippen molar-refractivity contribution < 1.29 is 4.74 Å². The lowest BCUT2D eigenvalue weighted by molar-refractivity contribution is 0.0827. The van der Waals surface area contributed by atoms with Crippen LogP contribution >= 0.6 is 0 Å². The summed E-state index contributed by atoms with van der Waals surface area (Å²) >= 11 is 0. The van der Waals surface area contributed by atoms with Gasteiger partial charge in [0.25, 0.3) is 0 Å². The van der Waals surface area contributed by atoms with Crippen LogP contribution in [0.2, 0.25) is 0 Å². The van der Waals surface area contributed by atoms with Crippen molar-refractivity contribution in [1.82, 2.24) is 10.2 Å². The van der Waals surface area contributed by atoms with Gasteiger partial charge in [-0.05, 0) is 59.7 Å². The van der Waals surface area contributed by atoms with Crippen LogP contribution in [0.4, 0.5) is 0 Å². The first-order valence-electron chi connectivity index (χ1n) is 7.50. The molecular formula is C15H29N3O. The van der Waals surface area contributed by atoms with E-state index in [1.54, 1.807) is 0 Å². The van der Waals surface area contributed by atoms with Crippen LogP contribution in [0.1, 0.15) is 46.5 Å². The lowest BCUT2D eigenvalue weighted by Gasteiger charge is -2.28. The molecule has 0 aromatic heterocycles. The van der Waals surface area contributed by atoms with Crippen LogP contribution in [-0.2, 0) is 4.74 Å². The highest BCUT2D eigenvalue weighted by molar-refractivity contribution is 5.03. The number of nitrogens with one attached hydrogen (secondary N) is 1. The highest BCUT2D eigenvalue weighted by Gasteiger charge is 2.28. The molecule has 1 N–H and O–H groups in total. The number of hydrogen-bond acceptors (Lipinski definition) is 4. The van der Waals surface area contributed by atoms with Gasteiger partial charge in [0.15, 0.2) is 0 Å². The van der Waals surface area contributed by atoms with Gasteiger partial charge >= 0.3 is 0 Å². The Hall–Kier alpha value is -0.630. The zero-order valence-electron chi connectivity index (χ0n) is 12.9. The number of hydrogen-bond donors (Lipinski definition) is 1. The average molecular weight is 267 g/mol. The maximum absolute atomic E-state index is 9.28. The molecule has 0 aromatic rings. The summed E-state index contributed by atoms with van der Waals surface area (Å²) in [5, 5.41) is 12.6. The molecule has 0 saturated carbocycles. The van der Waals surface area contributed by atoms with Gasteiger partial charge in [-0.1, -0.05) is 6.92 Å². The normalized spacial score (nSPS) is 26.3. The molecule has 1 heterocycles. The number of nitrogens with zero attached hydrogens (tertiary/aromatic N) is 2. The van der Waals surface area contributed by atoms with Gasteiger partial charge in [-0.3, -0.25) is 5.32 Å². The second-order valence-corrected chi connectivity index (χ2v) is 5.89. The highest BCUT2D eigenvalue weighted by Crippen LogP contribution is 2.19. The summed E-state index contributed by atoms with van der Waals surface area (Å²) in [5.41, 5.74) is -0.380. The molecule has 1 aliphatic heterocycles. The van der Waals surface area contributed by atoms with Crippen LogP contribution < -0.4 is 5.32 Å². The summed E-state index contributed by atoms with van der Waals surface area (Å²) in [6.45, 7) is 9.10. The van der Waals surface area contributed by atoms with E-state index in [2.05, 4.69) is 37.2 Å². The van der Waals surface area contributed by atoms with Crippen LogP contribution in [0.3, 0.4) is 0 Å². The van der Waals surface area contributed by atoms with E-state index in [-0.39, 0.29) is 5.54 Å². The maximum atomic E-state index is 9.28. The molecule has 0 bridgehead atoms. The monoisotopic (exact) mass is 267 g/mol. The molecule has 1 saturated heterocycles. The van der Waals surface area contributed by atoms with Crippen molar-refractivity contribution in [3.05, 3.63) is 0 Å². The zero-order chi connectivity index (χ0) is 14.3. The smallest absolute Gasteiger partial charge is 0.103 e. The molecular weight excluding hydrogens is 238 g/mol. The Balaban J connectivity index is 2.30. The Morgan fingerprint density at radius 1 is 1.53 bits per heavy atom. The molecule has 19 heavy (non-hydrogen) atoms. The number of likely N-dealkylation sites (N-methyl/N-ethyl adjacent to an activating group) is 1. The third kappa shape index (κ3) is 5.10. The lowest BCUT2D eigenvalue weighted by Crippen LogP contribution is -2.43. The second-order valence-electron chi connectivity index (χ2n) is 5.89. The minimum Gasteiger partial charge on any atom is -0.377 e. The van der Waals surface area contributed by atoms with Crippen LogP contribution in [0.25, 0.3) is 0 Å². The molecule has 4 heteroatoms. The third-order valence-corrected chi connectivity index (χ3v) is 4.10. The minimum atomic E-state index is -0.380. The molecule has 0 amide bonds. The molecule has 110 valence electrons. The Labute approximate surface area is 118 Å². The summed E-state index contributed by atoms with van der Waals surface area (Å²) < 4.78 is 5.60. The van der Waals surface area contributed by atoms with Gasteiger partial charge in [-0.2, -0.15) is 5.26 Å². The van der Waals surface area contributed by atoms with Crippen molar-refractivity contribution in [1.29, 1.82) is 5.26 Å². The number of rotatable bonds is 8. The molecule has 4 nitrogen and oxygen atoms in total. The predicted molar refractivity (Wildman–Crippen MR) is 78.0 cm³/mol. The van der Waals surface area contributed by atoms with E-state index in [0.717, 1.165) is 45.4 Å². The predicted octanol–water partition coefficient (Wildman–Crippen LogP) is 2.16. The third-order valence-electron chi connectivity index (χ3n) is 4.10. The maximum Gasteiger partial charge on any atom is 0.103 e. The molecule has 0 spiro atoms. The van der Waals surface area contributed by atoms with Crippen LogP contribution in [0.5, 0.6) is 0 Å². The molecule has 1 rings (SSSR count). The van der Waals surface area contributed by atoms with Crippen LogP contribution in [-0.4, -0.2) is 49.3 Å². The fourth-order valence-corrected chi connectivity index (χ4v) is 2.73. The molecule has 1 aliphatic rings. The van der Waals surface area contributed by atoms with Crippen LogP contribution in [0, 0.1) is 11.3 Å². The summed E-state index contributed by atoms with van der Waals surface area (Å²) in [7, 11) is 2.17. The number of nitriles is 1. The Morgan fingerprint density at radius 2 is 2.26 bits per heavy atom. The summed E-state index contributed by atoms with van der Waals surface area (Å²) in [5.74, 6) is 0. The molecule has 3 atom stereocenters. The van der Waals surface area contributed by atoms with E-state index in [0.29, 0.717) is 12.1 Å². The van der Waals surface area contributed by atoms with Gasteiger partial charge in [-0.15, -0.1) is 0 Å². The topological polar surface area (TPSA) is 48.3 Å². The standard InChI is InChI=1S/C15H29N3O/c1-5-9-17-15(3,12-16)8-6-10-18(4)14-7-11-19-13(14)2/h13-14,17H,5-11H2,1-4H3. The Morgan fingerprint density at radius 3 is 2.79 bits per heavy atom. The van der Waals surface area contributed by atoms with E-state index in [1.807, 2.05) is 6.92 Å².